The van der Waals surface area contributed by atoms with E-state index in [1.807, 2.05) is 13.8 Å². The number of aliphatic hydroxyl groups excluding tert-OH is 1. The van der Waals surface area contributed by atoms with E-state index in [1.54, 1.807) is 0 Å². The predicted molar refractivity (Wildman–Crippen MR) is 83.2 cm³/mol. The van der Waals surface area contributed by atoms with Crippen LogP contribution >= 0.6 is 0 Å². The largest absolute Gasteiger partial charge is 0.462 e. The van der Waals surface area contributed by atoms with Crippen molar-refractivity contribution in [2.45, 2.75) is 90.0 Å². The molecule has 1 saturated heterocycles. The van der Waals surface area contributed by atoms with Crippen molar-refractivity contribution in [3.05, 3.63) is 0 Å². The van der Waals surface area contributed by atoms with Crippen LogP contribution in [0.3, 0.4) is 0 Å². The Hall–Kier alpha value is -0.690. The van der Waals surface area contributed by atoms with Gasteiger partial charge in [-0.3, -0.25) is 4.79 Å². The van der Waals surface area contributed by atoms with Crippen LogP contribution in [0.25, 0.3) is 0 Å². The fourth-order valence-corrected chi connectivity index (χ4v) is 2.75. The van der Waals surface area contributed by atoms with E-state index < -0.39 is 6.10 Å². The lowest BCUT2D eigenvalue weighted by molar-refractivity contribution is -0.246. The van der Waals surface area contributed by atoms with E-state index in [9.17, 15) is 9.90 Å². The monoisotopic (exact) mass is 317 g/mol. The number of hydrogen-bond acceptors (Lipinski definition) is 6. The molecule has 6 nitrogen and oxygen atoms in total. The van der Waals surface area contributed by atoms with Gasteiger partial charge in [0.2, 0.25) is 0 Å². The third-order valence-corrected chi connectivity index (χ3v) is 3.83. The standard InChI is InChI=1S/C16H31NO5/c1-4-13(19)9-15(21-12(3)18)10-14-8-11(2)20-16(22-14)6-5-7-17/h11,13-16,19H,4-10,17H2,1-3H3. The number of ether oxygens (including phenoxy) is 3. The van der Waals surface area contributed by atoms with Gasteiger partial charge in [0.1, 0.15) is 6.10 Å². The molecule has 0 saturated carbocycles. The maximum absolute atomic E-state index is 11.3. The molecule has 22 heavy (non-hydrogen) atoms. The highest BCUT2D eigenvalue weighted by Crippen LogP contribution is 2.26. The van der Waals surface area contributed by atoms with Gasteiger partial charge in [-0.15, -0.1) is 0 Å². The highest BCUT2D eigenvalue weighted by molar-refractivity contribution is 5.66. The Morgan fingerprint density at radius 2 is 2.18 bits per heavy atom. The first-order chi connectivity index (χ1) is 10.4. The Morgan fingerprint density at radius 3 is 2.77 bits per heavy atom. The molecule has 1 heterocycles. The number of carbonyl (C=O) groups is 1. The van der Waals surface area contributed by atoms with E-state index in [4.69, 9.17) is 19.9 Å². The number of rotatable bonds is 9. The Bertz CT molecular complexity index is 326. The molecular formula is C16H31NO5. The molecule has 0 aromatic rings. The quantitative estimate of drug-likeness (QED) is 0.629. The molecule has 6 heteroatoms. The van der Waals surface area contributed by atoms with Crippen LogP contribution in [0.2, 0.25) is 0 Å². The molecule has 5 unspecified atom stereocenters. The number of nitrogens with two attached hydrogens (primary N) is 1. The molecule has 0 aromatic carbocycles. The molecule has 1 aliphatic rings. The summed E-state index contributed by atoms with van der Waals surface area (Å²) in [5.41, 5.74) is 5.52. The molecule has 0 bridgehead atoms. The van der Waals surface area contributed by atoms with Crippen LogP contribution in [0, 0.1) is 0 Å². The molecule has 0 aliphatic carbocycles. The van der Waals surface area contributed by atoms with Crippen LogP contribution < -0.4 is 5.73 Å². The molecule has 0 aromatic heterocycles. The van der Waals surface area contributed by atoms with Crippen LogP contribution in [-0.2, 0) is 19.0 Å². The summed E-state index contributed by atoms with van der Waals surface area (Å²) >= 11 is 0. The topological polar surface area (TPSA) is 91.0 Å². The maximum Gasteiger partial charge on any atom is 0.302 e. The maximum atomic E-state index is 11.3. The van der Waals surface area contributed by atoms with Crippen molar-refractivity contribution in [2.75, 3.05) is 6.54 Å². The summed E-state index contributed by atoms with van der Waals surface area (Å²) in [5.74, 6) is -0.326. The summed E-state index contributed by atoms with van der Waals surface area (Å²) in [7, 11) is 0. The summed E-state index contributed by atoms with van der Waals surface area (Å²) < 4.78 is 17.0. The molecule has 1 aliphatic heterocycles. The van der Waals surface area contributed by atoms with Gasteiger partial charge >= 0.3 is 5.97 Å². The van der Waals surface area contributed by atoms with Gasteiger partial charge in [0.05, 0.1) is 18.3 Å². The van der Waals surface area contributed by atoms with Crippen LogP contribution in [0.4, 0.5) is 0 Å². The van der Waals surface area contributed by atoms with Gasteiger partial charge in [0, 0.05) is 19.8 Å². The summed E-state index contributed by atoms with van der Waals surface area (Å²) in [6.45, 7) is 5.93. The minimum absolute atomic E-state index is 0.0278. The van der Waals surface area contributed by atoms with E-state index in [1.165, 1.54) is 6.92 Å². The minimum Gasteiger partial charge on any atom is -0.462 e. The number of aliphatic hydroxyl groups is 1. The first-order valence-electron chi connectivity index (χ1n) is 8.30. The molecule has 0 spiro atoms. The van der Waals surface area contributed by atoms with Crippen molar-refractivity contribution in [1.29, 1.82) is 0 Å². The van der Waals surface area contributed by atoms with Crippen molar-refractivity contribution >= 4 is 5.97 Å². The average molecular weight is 317 g/mol. The minimum atomic E-state index is -0.463. The van der Waals surface area contributed by atoms with E-state index in [-0.39, 0.29) is 30.6 Å². The Morgan fingerprint density at radius 1 is 1.45 bits per heavy atom. The third-order valence-electron chi connectivity index (χ3n) is 3.83. The van der Waals surface area contributed by atoms with Crippen molar-refractivity contribution < 1.29 is 24.1 Å². The van der Waals surface area contributed by atoms with Gasteiger partial charge in [0.15, 0.2) is 6.29 Å². The van der Waals surface area contributed by atoms with Gasteiger partial charge in [-0.1, -0.05) is 6.92 Å². The first-order valence-corrected chi connectivity index (χ1v) is 8.30. The smallest absolute Gasteiger partial charge is 0.302 e. The molecule has 3 N–H and O–H groups in total. The molecule has 130 valence electrons. The molecule has 0 radical (unpaired) electrons. The van der Waals surface area contributed by atoms with Gasteiger partial charge < -0.3 is 25.1 Å². The summed E-state index contributed by atoms with van der Waals surface area (Å²) in [4.78, 5) is 11.3. The van der Waals surface area contributed by atoms with Crippen LogP contribution in [-0.4, -0.2) is 48.3 Å². The zero-order chi connectivity index (χ0) is 16.5. The molecule has 0 amide bonds. The van der Waals surface area contributed by atoms with Crippen molar-refractivity contribution in [1.82, 2.24) is 0 Å². The zero-order valence-corrected chi connectivity index (χ0v) is 14.0. The first kappa shape index (κ1) is 19.4. The van der Waals surface area contributed by atoms with Crippen LogP contribution in [0.15, 0.2) is 0 Å². The lowest BCUT2D eigenvalue weighted by Gasteiger charge is -2.36. The number of carbonyl (C=O) groups excluding carboxylic acids is 1. The van der Waals surface area contributed by atoms with E-state index in [2.05, 4.69) is 0 Å². The highest BCUT2D eigenvalue weighted by atomic mass is 16.7. The second-order valence-electron chi connectivity index (χ2n) is 6.07. The highest BCUT2D eigenvalue weighted by Gasteiger charge is 2.30. The van der Waals surface area contributed by atoms with Crippen LogP contribution in [0.1, 0.15) is 59.3 Å². The lowest BCUT2D eigenvalue weighted by Crippen LogP contribution is -2.39. The average Bonchev–Trinajstić information content (AvgIpc) is 2.43. The SMILES string of the molecule is CCC(O)CC(CC1CC(C)OC(CCCN)O1)OC(C)=O. The van der Waals surface area contributed by atoms with Gasteiger partial charge in [-0.25, -0.2) is 0 Å². The normalized spacial score (nSPS) is 28.1. The van der Waals surface area contributed by atoms with Crippen molar-refractivity contribution in [2.24, 2.45) is 5.73 Å². The van der Waals surface area contributed by atoms with E-state index in [0.717, 1.165) is 19.3 Å². The summed E-state index contributed by atoms with van der Waals surface area (Å²) in [6.07, 6.45) is 3.11. The van der Waals surface area contributed by atoms with E-state index >= 15 is 0 Å². The van der Waals surface area contributed by atoms with Crippen molar-refractivity contribution in [3.63, 3.8) is 0 Å². The second kappa shape index (κ2) is 10.2. The van der Waals surface area contributed by atoms with Gasteiger partial charge in [0.25, 0.3) is 0 Å². The molecular weight excluding hydrogens is 286 g/mol. The number of esters is 1. The predicted octanol–water partition coefficient (Wildman–Crippen LogP) is 1.73. The molecule has 1 fully saturated rings. The van der Waals surface area contributed by atoms with Crippen LogP contribution in [0.5, 0.6) is 0 Å². The Kier molecular flexibility index (Phi) is 8.93. The van der Waals surface area contributed by atoms with E-state index in [0.29, 0.717) is 25.8 Å². The second-order valence-corrected chi connectivity index (χ2v) is 6.07. The summed E-state index contributed by atoms with van der Waals surface area (Å²) in [5, 5.41) is 9.82. The van der Waals surface area contributed by atoms with Gasteiger partial charge in [-0.2, -0.15) is 0 Å². The fourth-order valence-electron chi connectivity index (χ4n) is 2.75. The summed E-state index contributed by atoms with van der Waals surface area (Å²) in [6, 6.07) is 0. The lowest BCUT2D eigenvalue weighted by atomic mass is 9.99. The number of hydrogen-bond donors (Lipinski definition) is 2. The third kappa shape index (κ3) is 7.54. The van der Waals surface area contributed by atoms with Crippen molar-refractivity contribution in [3.8, 4) is 0 Å². The zero-order valence-electron chi connectivity index (χ0n) is 14.0. The van der Waals surface area contributed by atoms with Gasteiger partial charge in [-0.05, 0) is 39.2 Å². The Labute approximate surface area is 133 Å². The Balaban J connectivity index is 2.55. The fraction of sp³-hybridized carbons (Fsp3) is 0.938. The molecule has 1 rings (SSSR count). The molecule has 5 atom stereocenters.